The van der Waals surface area contributed by atoms with Gasteiger partial charge in [-0.2, -0.15) is 0 Å². The van der Waals surface area contributed by atoms with Crippen LogP contribution in [0.5, 0.6) is 0 Å². The predicted molar refractivity (Wildman–Crippen MR) is 105 cm³/mol. The van der Waals surface area contributed by atoms with Crippen molar-refractivity contribution in [1.29, 1.82) is 0 Å². The quantitative estimate of drug-likeness (QED) is 0.702. The fourth-order valence-electron chi connectivity index (χ4n) is 4.84. The molecule has 0 aromatic heterocycles. The van der Waals surface area contributed by atoms with Gasteiger partial charge in [-0.25, -0.2) is 0 Å². The van der Waals surface area contributed by atoms with Gasteiger partial charge in [-0.05, 0) is 78.8 Å². The van der Waals surface area contributed by atoms with E-state index in [4.69, 9.17) is 11.6 Å². The molecule has 130 valence electrons. The van der Waals surface area contributed by atoms with Gasteiger partial charge in [0.15, 0.2) is 0 Å². The third-order valence-corrected chi connectivity index (χ3v) is 6.58. The summed E-state index contributed by atoms with van der Waals surface area (Å²) in [6.07, 6.45) is 5.83. The molecular weight excluding hydrogens is 328 g/mol. The van der Waals surface area contributed by atoms with Crippen LogP contribution in [0.2, 0.25) is 5.02 Å². The minimum atomic E-state index is -0.604. The van der Waals surface area contributed by atoms with E-state index in [-0.39, 0.29) is 5.92 Å². The van der Waals surface area contributed by atoms with Gasteiger partial charge in [-0.3, -0.25) is 0 Å². The molecule has 1 atom stereocenters. The summed E-state index contributed by atoms with van der Waals surface area (Å²) in [6, 6.07) is 16.7. The van der Waals surface area contributed by atoms with E-state index >= 15 is 0 Å². The maximum Gasteiger partial charge on any atom is 0.0716 e. The summed E-state index contributed by atoms with van der Waals surface area (Å²) in [5.41, 5.74) is 4.51. The number of fused-ring (bicyclic) bond motifs is 1. The fraction of sp³-hybridized carbons (Fsp3) is 0.391. The maximum atomic E-state index is 11.4. The number of rotatable bonds is 2. The Morgan fingerprint density at radius 2 is 1.64 bits per heavy atom. The highest BCUT2D eigenvalue weighted by Gasteiger charge is 2.43. The average molecular weight is 353 g/mol. The molecule has 25 heavy (non-hydrogen) atoms. The van der Waals surface area contributed by atoms with Crippen LogP contribution < -0.4 is 0 Å². The van der Waals surface area contributed by atoms with Crippen LogP contribution >= 0.6 is 11.6 Å². The van der Waals surface area contributed by atoms with Crippen LogP contribution in [0.25, 0.3) is 5.57 Å². The monoisotopic (exact) mass is 352 g/mol. The van der Waals surface area contributed by atoms with Gasteiger partial charge in [0.25, 0.3) is 0 Å². The highest BCUT2D eigenvalue weighted by molar-refractivity contribution is 6.30. The zero-order valence-electron chi connectivity index (χ0n) is 14.5. The lowest BCUT2D eigenvalue weighted by atomic mass is 9.64. The van der Waals surface area contributed by atoms with E-state index in [0.29, 0.717) is 5.92 Å². The van der Waals surface area contributed by atoms with Gasteiger partial charge in [-0.15, -0.1) is 0 Å². The normalized spacial score (nSPS) is 29.3. The first-order valence-electron chi connectivity index (χ1n) is 9.32. The van der Waals surface area contributed by atoms with Crippen LogP contribution in [0.4, 0.5) is 0 Å². The largest absolute Gasteiger partial charge is 0.389 e. The minimum Gasteiger partial charge on any atom is -0.389 e. The minimum absolute atomic E-state index is 0.188. The SMILES string of the molecule is C=C1c2ccccc2CCC1C1(O)CCC(c2ccc(Cl)cc2)CC1. The smallest absolute Gasteiger partial charge is 0.0716 e. The summed E-state index contributed by atoms with van der Waals surface area (Å²) >= 11 is 6.01. The Labute approximate surface area is 155 Å². The van der Waals surface area contributed by atoms with Crippen molar-refractivity contribution in [3.63, 3.8) is 0 Å². The maximum absolute atomic E-state index is 11.4. The molecule has 0 bridgehead atoms. The molecule has 4 rings (SSSR count). The summed E-state index contributed by atoms with van der Waals surface area (Å²) in [5.74, 6) is 0.718. The lowest BCUT2D eigenvalue weighted by molar-refractivity contribution is -0.0368. The lowest BCUT2D eigenvalue weighted by Gasteiger charge is -2.44. The zero-order chi connectivity index (χ0) is 17.4. The molecule has 2 heteroatoms. The highest BCUT2D eigenvalue weighted by atomic mass is 35.5. The molecule has 1 N–H and O–H groups in total. The summed E-state index contributed by atoms with van der Waals surface area (Å²) in [5, 5.41) is 12.2. The van der Waals surface area contributed by atoms with E-state index in [9.17, 15) is 5.11 Å². The van der Waals surface area contributed by atoms with Crippen molar-refractivity contribution in [1.82, 2.24) is 0 Å². The molecule has 0 radical (unpaired) electrons. The van der Waals surface area contributed by atoms with Crippen LogP contribution in [0.15, 0.2) is 55.1 Å². The number of hydrogen-bond donors (Lipinski definition) is 1. The topological polar surface area (TPSA) is 20.2 Å². The third kappa shape index (κ3) is 3.16. The van der Waals surface area contributed by atoms with Crippen molar-refractivity contribution in [3.05, 3.63) is 76.8 Å². The number of halogens is 1. The van der Waals surface area contributed by atoms with Gasteiger partial charge in [0.1, 0.15) is 0 Å². The van der Waals surface area contributed by atoms with Crippen molar-refractivity contribution in [2.24, 2.45) is 5.92 Å². The number of aliphatic hydroxyl groups is 1. The molecular formula is C23H25ClO. The van der Waals surface area contributed by atoms with Gasteiger partial charge >= 0.3 is 0 Å². The van der Waals surface area contributed by atoms with Crippen molar-refractivity contribution < 1.29 is 5.11 Å². The van der Waals surface area contributed by atoms with E-state index in [1.54, 1.807) is 0 Å². The van der Waals surface area contributed by atoms with E-state index in [1.165, 1.54) is 16.7 Å². The third-order valence-electron chi connectivity index (χ3n) is 6.33. The Hall–Kier alpha value is -1.57. The van der Waals surface area contributed by atoms with Crippen molar-refractivity contribution >= 4 is 17.2 Å². The first-order chi connectivity index (χ1) is 12.1. The zero-order valence-corrected chi connectivity index (χ0v) is 15.3. The van der Waals surface area contributed by atoms with Gasteiger partial charge in [0.2, 0.25) is 0 Å². The van der Waals surface area contributed by atoms with E-state index in [0.717, 1.165) is 49.1 Å². The second kappa shape index (κ2) is 6.63. The number of aryl methyl sites for hydroxylation is 1. The molecule has 0 aliphatic heterocycles. The molecule has 0 heterocycles. The van der Waals surface area contributed by atoms with Crippen LogP contribution in [0, 0.1) is 5.92 Å². The molecule has 1 saturated carbocycles. The van der Waals surface area contributed by atoms with E-state index < -0.39 is 5.60 Å². The van der Waals surface area contributed by atoms with Crippen LogP contribution in [-0.4, -0.2) is 10.7 Å². The van der Waals surface area contributed by atoms with Crippen LogP contribution in [-0.2, 0) is 6.42 Å². The second-order valence-electron chi connectivity index (χ2n) is 7.70. The molecule has 1 unspecified atom stereocenters. The molecule has 1 fully saturated rings. The van der Waals surface area contributed by atoms with Gasteiger partial charge in [-0.1, -0.05) is 54.6 Å². The van der Waals surface area contributed by atoms with Gasteiger partial charge in [0.05, 0.1) is 5.60 Å². The molecule has 2 aliphatic rings. The average Bonchev–Trinajstić information content (AvgIpc) is 2.63. The summed E-state index contributed by atoms with van der Waals surface area (Å²) in [6.45, 7) is 4.37. The van der Waals surface area contributed by atoms with Crippen LogP contribution in [0.3, 0.4) is 0 Å². The standard InChI is InChI=1S/C23H25ClO/c1-16-21-5-3-2-4-19(21)8-11-22(16)23(25)14-12-18(13-15-23)17-6-9-20(24)10-7-17/h2-7,9-10,18,22,25H,1,8,11-15H2. The molecule has 0 spiro atoms. The van der Waals surface area contributed by atoms with Gasteiger partial charge in [0, 0.05) is 10.9 Å². The molecule has 2 aliphatic carbocycles. The first kappa shape index (κ1) is 16.9. The van der Waals surface area contributed by atoms with Crippen molar-refractivity contribution in [2.45, 2.75) is 50.0 Å². The number of hydrogen-bond acceptors (Lipinski definition) is 1. The predicted octanol–water partition coefficient (Wildman–Crippen LogP) is 6.00. The summed E-state index contributed by atoms with van der Waals surface area (Å²) < 4.78 is 0. The van der Waals surface area contributed by atoms with Crippen molar-refractivity contribution in [2.75, 3.05) is 0 Å². The Morgan fingerprint density at radius 1 is 0.960 bits per heavy atom. The second-order valence-corrected chi connectivity index (χ2v) is 8.14. The molecule has 2 aromatic carbocycles. The van der Waals surface area contributed by atoms with Gasteiger partial charge < -0.3 is 5.11 Å². The molecule has 2 aromatic rings. The first-order valence-corrected chi connectivity index (χ1v) is 9.69. The van der Waals surface area contributed by atoms with E-state index in [2.05, 4.69) is 43.0 Å². The molecule has 1 nitrogen and oxygen atoms in total. The Bertz CT molecular complexity index is 769. The van der Waals surface area contributed by atoms with Crippen LogP contribution in [0.1, 0.15) is 54.7 Å². The molecule has 0 amide bonds. The Morgan fingerprint density at radius 3 is 2.36 bits per heavy atom. The van der Waals surface area contributed by atoms with E-state index in [1.807, 2.05) is 12.1 Å². The molecule has 0 saturated heterocycles. The highest BCUT2D eigenvalue weighted by Crippen LogP contribution is 2.48. The summed E-state index contributed by atoms with van der Waals surface area (Å²) in [7, 11) is 0. The van der Waals surface area contributed by atoms with Crippen molar-refractivity contribution in [3.8, 4) is 0 Å². The Kier molecular flexibility index (Phi) is 4.47. The lowest BCUT2D eigenvalue weighted by Crippen LogP contribution is -2.43. The summed E-state index contributed by atoms with van der Waals surface area (Å²) in [4.78, 5) is 0. The Balaban J connectivity index is 1.49. The fourth-order valence-corrected chi connectivity index (χ4v) is 4.97. The number of benzene rings is 2.